The van der Waals surface area contributed by atoms with Crippen molar-refractivity contribution in [3.8, 4) is 0 Å². The summed E-state index contributed by atoms with van der Waals surface area (Å²) in [6, 6.07) is 10.1. The highest BCUT2D eigenvalue weighted by molar-refractivity contribution is 5.76. The molecule has 0 aliphatic carbocycles. The van der Waals surface area contributed by atoms with Crippen molar-refractivity contribution in [1.29, 1.82) is 0 Å². The minimum absolute atomic E-state index is 0.00228. The first kappa shape index (κ1) is 13.2. The lowest BCUT2D eigenvalue weighted by Crippen LogP contribution is -2.49. The maximum absolute atomic E-state index is 11.9. The van der Waals surface area contributed by atoms with Gasteiger partial charge in [0.25, 0.3) is 0 Å². The topological polar surface area (TPSA) is 48.0 Å². The number of cyclic esters (lactones) is 1. The van der Waals surface area contributed by atoms with Crippen molar-refractivity contribution in [1.82, 2.24) is 5.06 Å². The van der Waals surface area contributed by atoms with Gasteiger partial charge < -0.3 is 9.47 Å². The number of hydrogen-bond donors (Lipinski definition) is 0. The van der Waals surface area contributed by atoms with E-state index in [1.54, 1.807) is 0 Å². The Balaban J connectivity index is 1.48. The second-order valence-corrected chi connectivity index (χ2v) is 5.91. The third-order valence-corrected chi connectivity index (χ3v) is 4.59. The zero-order chi connectivity index (χ0) is 14.2. The van der Waals surface area contributed by atoms with Gasteiger partial charge in [-0.05, 0) is 18.4 Å². The standard InChI is InChI=1S/C16H19NO4/c18-16-14-13(10-20-16)21-17-8-4-7-12(15(14)17)19-9-11-5-2-1-3-6-11/h1-3,5-6,12-15H,4,7-10H2/t12-,13+,14-,15+/m0/s1. The minimum Gasteiger partial charge on any atom is -0.462 e. The molecule has 0 bridgehead atoms. The highest BCUT2D eigenvalue weighted by Gasteiger charge is 2.56. The maximum Gasteiger partial charge on any atom is 0.313 e. The van der Waals surface area contributed by atoms with Gasteiger partial charge >= 0.3 is 5.97 Å². The van der Waals surface area contributed by atoms with Crippen LogP contribution in [0.2, 0.25) is 0 Å². The largest absolute Gasteiger partial charge is 0.462 e. The van der Waals surface area contributed by atoms with E-state index < -0.39 is 0 Å². The van der Waals surface area contributed by atoms with Crippen molar-refractivity contribution in [3.63, 3.8) is 0 Å². The van der Waals surface area contributed by atoms with Crippen LogP contribution in [0.15, 0.2) is 30.3 Å². The molecule has 3 aliphatic rings. The van der Waals surface area contributed by atoms with Gasteiger partial charge in [0.2, 0.25) is 0 Å². The number of nitrogens with zero attached hydrogens (tertiary/aromatic N) is 1. The predicted molar refractivity (Wildman–Crippen MR) is 74.1 cm³/mol. The highest BCUT2D eigenvalue weighted by Crippen LogP contribution is 2.39. The molecule has 0 N–H and O–H groups in total. The fourth-order valence-electron chi connectivity index (χ4n) is 3.59. The summed E-state index contributed by atoms with van der Waals surface area (Å²) < 4.78 is 11.2. The zero-order valence-corrected chi connectivity index (χ0v) is 11.8. The van der Waals surface area contributed by atoms with E-state index in [2.05, 4.69) is 12.1 Å². The van der Waals surface area contributed by atoms with Crippen molar-refractivity contribution in [2.75, 3.05) is 13.2 Å². The number of hydrogen-bond acceptors (Lipinski definition) is 5. The number of fused-ring (bicyclic) bond motifs is 3. The molecule has 0 aromatic heterocycles. The Labute approximate surface area is 123 Å². The molecule has 5 heteroatoms. The highest BCUT2D eigenvalue weighted by atomic mass is 16.7. The smallest absolute Gasteiger partial charge is 0.313 e. The van der Waals surface area contributed by atoms with Gasteiger partial charge in [-0.25, -0.2) is 0 Å². The maximum atomic E-state index is 11.9. The summed E-state index contributed by atoms with van der Waals surface area (Å²) in [6.45, 7) is 1.82. The Bertz CT molecular complexity index is 520. The van der Waals surface area contributed by atoms with Crippen molar-refractivity contribution in [2.45, 2.75) is 37.7 Å². The number of carbonyl (C=O) groups is 1. The van der Waals surface area contributed by atoms with Crippen LogP contribution in [0.5, 0.6) is 0 Å². The second-order valence-electron chi connectivity index (χ2n) is 5.91. The number of piperidine rings is 1. The lowest BCUT2D eigenvalue weighted by Gasteiger charge is -2.36. The van der Waals surface area contributed by atoms with Gasteiger partial charge in [0, 0.05) is 6.54 Å². The van der Waals surface area contributed by atoms with Crippen LogP contribution in [0.1, 0.15) is 18.4 Å². The van der Waals surface area contributed by atoms with E-state index in [1.165, 1.54) is 0 Å². The van der Waals surface area contributed by atoms with Crippen molar-refractivity contribution < 1.29 is 19.1 Å². The van der Waals surface area contributed by atoms with Gasteiger partial charge in [-0.2, -0.15) is 5.06 Å². The molecule has 3 saturated heterocycles. The van der Waals surface area contributed by atoms with E-state index in [1.807, 2.05) is 23.3 Å². The third kappa shape index (κ3) is 2.35. The monoisotopic (exact) mass is 289 g/mol. The van der Waals surface area contributed by atoms with E-state index in [4.69, 9.17) is 14.3 Å². The lowest BCUT2D eigenvalue weighted by atomic mass is 9.88. The average Bonchev–Trinajstić information content (AvgIpc) is 3.06. The third-order valence-electron chi connectivity index (χ3n) is 4.59. The molecular weight excluding hydrogens is 270 g/mol. The fourth-order valence-corrected chi connectivity index (χ4v) is 3.59. The second kappa shape index (κ2) is 5.40. The zero-order valence-electron chi connectivity index (χ0n) is 11.8. The Hall–Kier alpha value is -1.43. The number of esters is 1. The molecule has 0 spiro atoms. The van der Waals surface area contributed by atoms with E-state index in [-0.39, 0.29) is 30.1 Å². The van der Waals surface area contributed by atoms with E-state index >= 15 is 0 Å². The molecule has 5 nitrogen and oxygen atoms in total. The Kier molecular flexibility index (Phi) is 3.41. The molecule has 112 valence electrons. The Morgan fingerprint density at radius 1 is 1.29 bits per heavy atom. The molecule has 0 radical (unpaired) electrons. The van der Waals surface area contributed by atoms with Gasteiger partial charge in [0.1, 0.15) is 18.6 Å². The molecular formula is C16H19NO4. The fraction of sp³-hybridized carbons (Fsp3) is 0.562. The summed E-state index contributed by atoms with van der Waals surface area (Å²) >= 11 is 0. The minimum atomic E-state index is -0.189. The van der Waals surface area contributed by atoms with Crippen LogP contribution in [0.4, 0.5) is 0 Å². The predicted octanol–water partition coefficient (Wildman–Crippen LogP) is 1.52. The quantitative estimate of drug-likeness (QED) is 0.790. The van der Waals surface area contributed by atoms with Crippen LogP contribution in [0.3, 0.4) is 0 Å². The van der Waals surface area contributed by atoms with Crippen LogP contribution >= 0.6 is 0 Å². The van der Waals surface area contributed by atoms with E-state index in [0.29, 0.717) is 13.2 Å². The van der Waals surface area contributed by atoms with Crippen molar-refractivity contribution >= 4 is 5.97 Å². The molecule has 3 heterocycles. The molecule has 3 fully saturated rings. The summed E-state index contributed by atoms with van der Waals surface area (Å²) in [5, 5.41) is 1.95. The summed E-state index contributed by atoms with van der Waals surface area (Å²) in [7, 11) is 0. The molecule has 3 aliphatic heterocycles. The molecule has 0 saturated carbocycles. The first-order valence-corrected chi connectivity index (χ1v) is 7.58. The molecule has 0 amide bonds. The van der Waals surface area contributed by atoms with Crippen LogP contribution in [0.25, 0.3) is 0 Å². The van der Waals surface area contributed by atoms with Crippen LogP contribution in [0, 0.1) is 5.92 Å². The average molecular weight is 289 g/mol. The molecule has 21 heavy (non-hydrogen) atoms. The molecule has 1 aromatic carbocycles. The van der Waals surface area contributed by atoms with Crippen molar-refractivity contribution in [2.24, 2.45) is 5.92 Å². The van der Waals surface area contributed by atoms with E-state index in [9.17, 15) is 4.79 Å². The summed E-state index contributed by atoms with van der Waals surface area (Å²) in [5.74, 6) is -0.325. The first-order chi connectivity index (χ1) is 10.3. The lowest BCUT2D eigenvalue weighted by molar-refractivity contribution is -0.205. The van der Waals surface area contributed by atoms with Gasteiger partial charge in [-0.15, -0.1) is 0 Å². The number of rotatable bonds is 3. The number of ether oxygens (including phenoxy) is 2. The molecule has 1 aromatic rings. The summed E-state index contributed by atoms with van der Waals surface area (Å²) in [4.78, 5) is 17.8. The van der Waals surface area contributed by atoms with Crippen LogP contribution < -0.4 is 0 Å². The molecule has 4 atom stereocenters. The summed E-state index contributed by atoms with van der Waals surface area (Å²) in [6.07, 6.45) is 1.90. The van der Waals surface area contributed by atoms with Gasteiger partial charge in [-0.3, -0.25) is 9.63 Å². The Morgan fingerprint density at radius 3 is 3.00 bits per heavy atom. The molecule has 4 rings (SSSR count). The van der Waals surface area contributed by atoms with Crippen molar-refractivity contribution in [3.05, 3.63) is 35.9 Å². The van der Waals surface area contributed by atoms with Gasteiger partial charge in [-0.1, -0.05) is 30.3 Å². The first-order valence-electron chi connectivity index (χ1n) is 7.58. The normalized spacial score (nSPS) is 35.3. The van der Waals surface area contributed by atoms with Gasteiger partial charge in [0.15, 0.2) is 0 Å². The van der Waals surface area contributed by atoms with E-state index in [0.717, 1.165) is 24.9 Å². The van der Waals surface area contributed by atoms with Crippen LogP contribution in [-0.2, 0) is 25.7 Å². The number of benzene rings is 1. The number of carbonyl (C=O) groups excluding carboxylic acids is 1. The van der Waals surface area contributed by atoms with Gasteiger partial charge in [0.05, 0.1) is 18.8 Å². The summed E-state index contributed by atoms with van der Waals surface area (Å²) in [5.41, 5.74) is 1.15. The SMILES string of the molecule is O=C1OC[C@H]2ON3CCC[C@H](OCc4ccccc4)[C@@H]3[C@@H]12. The Morgan fingerprint density at radius 2 is 2.14 bits per heavy atom. The number of hydroxylamine groups is 2. The van der Waals surface area contributed by atoms with Crippen LogP contribution in [-0.4, -0.2) is 42.4 Å². The molecule has 0 unspecified atom stereocenters.